The Hall–Kier alpha value is -1.26. The van der Waals surface area contributed by atoms with Crippen LogP contribution in [0.2, 0.25) is 0 Å². The van der Waals surface area contributed by atoms with Crippen molar-refractivity contribution in [3.63, 3.8) is 0 Å². The van der Waals surface area contributed by atoms with Crippen LogP contribution >= 0.6 is 0 Å². The molecule has 0 radical (unpaired) electrons. The first kappa shape index (κ1) is 11.2. The Morgan fingerprint density at radius 1 is 1.44 bits per heavy atom. The van der Waals surface area contributed by atoms with Crippen LogP contribution in [-0.2, 0) is 9.53 Å². The molecule has 2 rings (SSSR count). The van der Waals surface area contributed by atoms with Crippen molar-refractivity contribution < 1.29 is 14.3 Å². The number of nitrogens with zero attached hydrogens (tertiary/aromatic N) is 1. The molecule has 2 amide bonds. The lowest BCUT2D eigenvalue weighted by Crippen LogP contribution is -2.37. The van der Waals surface area contributed by atoms with E-state index < -0.39 is 5.60 Å². The monoisotopic (exact) mass is 226 g/mol. The molecule has 0 unspecified atom stereocenters. The molecule has 16 heavy (non-hydrogen) atoms. The Morgan fingerprint density at radius 2 is 2.12 bits per heavy atom. The summed E-state index contributed by atoms with van der Waals surface area (Å²) in [5.74, 6) is 0.295. The van der Waals surface area contributed by atoms with Gasteiger partial charge in [-0.05, 0) is 20.8 Å². The van der Waals surface area contributed by atoms with Gasteiger partial charge < -0.3 is 15.0 Å². The SMILES string of the molecule is CC(C)(C)OC(=O)N1C[C@H]2CNC(=O)[C@@H]2C1. The number of hydrogen-bond acceptors (Lipinski definition) is 3. The highest BCUT2D eigenvalue weighted by molar-refractivity contribution is 5.83. The fourth-order valence-electron chi connectivity index (χ4n) is 2.21. The van der Waals surface area contributed by atoms with Crippen molar-refractivity contribution in [1.82, 2.24) is 10.2 Å². The molecule has 0 spiro atoms. The largest absolute Gasteiger partial charge is 0.444 e. The van der Waals surface area contributed by atoms with Gasteiger partial charge in [-0.3, -0.25) is 4.79 Å². The Morgan fingerprint density at radius 3 is 2.69 bits per heavy atom. The summed E-state index contributed by atoms with van der Waals surface area (Å²) in [7, 11) is 0. The Bertz CT molecular complexity index is 322. The quantitative estimate of drug-likeness (QED) is 0.658. The van der Waals surface area contributed by atoms with Crippen LogP contribution in [0.1, 0.15) is 20.8 Å². The van der Waals surface area contributed by atoms with Gasteiger partial charge in [0.15, 0.2) is 0 Å². The summed E-state index contributed by atoms with van der Waals surface area (Å²) in [6.07, 6.45) is -0.310. The van der Waals surface area contributed by atoms with E-state index in [0.29, 0.717) is 19.6 Å². The molecular weight excluding hydrogens is 208 g/mol. The minimum atomic E-state index is -0.475. The first-order valence-corrected chi connectivity index (χ1v) is 5.62. The zero-order valence-corrected chi connectivity index (χ0v) is 9.95. The maximum Gasteiger partial charge on any atom is 0.410 e. The number of carbonyl (C=O) groups is 2. The van der Waals surface area contributed by atoms with Crippen LogP contribution in [-0.4, -0.2) is 42.1 Å². The number of carbonyl (C=O) groups excluding carboxylic acids is 2. The van der Waals surface area contributed by atoms with Crippen molar-refractivity contribution in [3.8, 4) is 0 Å². The van der Waals surface area contributed by atoms with E-state index in [2.05, 4.69) is 5.32 Å². The molecule has 0 aromatic carbocycles. The number of hydrogen-bond donors (Lipinski definition) is 1. The molecule has 0 aliphatic carbocycles. The van der Waals surface area contributed by atoms with Gasteiger partial charge in [-0.1, -0.05) is 0 Å². The van der Waals surface area contributed by atoms with Crippen LogP contribution < -0.4 is 5.32 Å². The summed E-state index contributed by atoms with van der Waals surface area (Å²) >= 11 is 0. The Labute approximate surface area is 95.1 Å². The number of nitrogens with one attached hydrogen (secondary N) is 1. The average molecular weight is 226 g/mol. The molecule has 5 nitrogen and oxygen atoms in total. The zero-order chi connectivity index (χ0) is 11.9. The van der Waals surface area contributed by atoms with E-state index in [4.69, 9.17) is 4.74 Å². The van der Waals surface area contributed by atoms with Crippen LogP contribution in [0.25, 0.3) is 0 Å². The lowest BCUT2D eigenvalue weighted by atomic mass is 10.0. The third-order valence-corrected chi connectivity index (χ3v) is 2.97. The van der Waals surface area contributed by atoms with Gasteiger partial charge in [0.25, 0.3) is 0 Å². The highest BCUT2D eigenvalue weighted by Gasteiger charge is 2.44. The summed E-state index contributed by atoms with van der Waals surface area (Å²) in [6.45, 7) is 7.32. The smallest absolute Gasteiger partial charge is 0.410 e. The van der Waals surface area contributed by atoms with Crippen molar-refractivity contribution in [2.45, 2.75) is 26.4 Å². The summed E-state index contributed by atoms with van der Waals surface area (Å²) in [4.78, 5) is 24.8. The topological polar surface area (TPSA) is 58.6 Å². The molecule has 5 heteroatoms. The molecule has 2 saturated heterocycles. The lowest BCUT2D eigenvalue weighted by Gasteiger charge is -2.24. The van der Waals surface area contributed by atoms with Crippen LogP contribution in [0, 0.1) is 11.8 Å². The molecule has 1 N–H and O–H groups in total. The maximum absolute atomic E-state index is 11.8. The Kier molecular flexibility index (Phi) is 2.56. The molecule has 2 aliphatic rings. The van der Waals surface area contributed by atoms with Gasteiger partial charge in [-0.2, -0.15) is 0 Å². The molecule has 0 aromatic heterocycles. The molecule has 2 fully saturated rings. The Balaban J connectivity index is 1.94. The van der Waals surface area contributed by atoms with Gasteiger partial charge >= 0.3 is 6.09 Å². The third kappa shape index (κ3) is 2.13. The van der Waals surface area contributed by atoms with E-state index in [1.54, 1.807) is 4.90 Å². The summed E-state index contributed by atoms with van der Waals surface area (Å²) in [5.41, 5.74) is -0.475. The van der Waals surface area contributed by atoms with Crippen molar-refractivity contribution >= 4 is 12.0 Å². The van der Waals surface area contributed by atoms with Gasteiger partial charge in [0, 0.05) is 25.6 Å². The van der Waals surface area contributed by atoms with Crippen molar-refractivity contribution in [2.24, 2.45) is 11.8 Å². The molecule has 90 valence electrons. The normalized spacial score (nSPS) is 28.9. The molecule has 2 atom stereocenters. The van der Waals surface area contributed by atoms with Crippen LogP contribution in [0.3, 0.4) is 0 Å². The second-order valence-electron chi connectivity index (χ2n) is 5.50. The van der Waals surface area contributed by atoms with Crippen molar-refractivity contribution in [2.75, 3.05) is 19.6 Å². The molecular formula is C11H18N2O3. The van der Waals surface area contributed by atoms with Gasteiger partial charge in [-0.15, -0.1) is 0 Å². The molecule has 2 heterocycles. The summed E-state index contributed by atoms with van der Waals surface area (Å²) in [6, 6.07) is 0. The van der Waals surface area contributed by atoms with Gasteiger partial charge in [0.2, 0.25) is 5.91 Å². The minimum Gasteiger partial charge on any atom is -0.444 e. The molecule has 0 aromatic rings. The van der Waals surface area contributed by atoms with E-state index in [1.165, 1.54) is 0 Å². The van der Waals surface area contributed by atoms with E-state index >= 15 is 0 Å². The number of ether oxygens (including phenoxy) is 1. The first-order chi connectivity index (χ1) is 7.37. The van der Waals surface area contributed by atoms with Crippen molar-refractivity contribution in [1.29, 1.82) is 0 Å². The van der Waals surface area contributed by atoms with E-state index in [-0.39, 0.29) is 23.8 Å². The molecule has 2 aliphatic heterocycles. The molecule has 0 bridgehead atoms. The number of fused-ring (bicyclic) bond motifs is 1. The molecule has 0 saturated carbocycles. The number of amides is 2. The number of likely N-dealkylation sites (tertiary alicyclic amines) is 1. The third-order valence-electron chi connectivity index (χ3n) is 2.97. The predicted octanol–water partition coefficient (Wildman–Crippen LogP) is 0.599. The summed E-state index contributed by atoms with van der Waals surface area (Å²) < 4.78 is 5.28. The van der Waals surface area contributed by atoms with Gasteiger partial charge in [0.1, 0.15) is 5.60 Å². The second-order valence-corrected chi connectivity index (χ2v) is 5.50. The van der Waals surface area contributed by atoms with E-state index in [0.717, 1.165) is 0 Å². The maximum atomic E-state index is 11.8. The number of rotatable bonds is 0. The highest BCUT2D eigenvalue weighted by Crippen LogP contribution is 2.28. The van der Waals surface area contributed by atoms with Crippen LogP contribution in [0.5, 0.6) is 0 Å². The lowest BCUT2D eigenvalue weighted by molar-refractivity contribution is -0.122. The highest BCUT2D eigenvalue weighted by atomic mass is 16.6. The predicted molar refractivity (Wildman–Crippen MR) is 57.8 cm³/mol. The van der Waals surface area contributed by atoms with Crippen LogP contribution in [0.15, 0.2) is 0 Å². The fraction of sp³-hybridized carbons (Fsp3) is 0.818. The standard InChI is InChI=1S/C11H18N2O3/c1-11(2,3)16-10(15)13-5-7-4-12-9(14)8(7)6-13/h7-8H,4-6H2,1-3H3,(H,12,14)/t7-,8-/m1/s1. The fourth-order valence-corrected chi connectivity index (χ4v) is 2.21. The zero-order valence-electron chi connectivity index (χ0n) is 9.95. The van der Waals surface area contributed by atoms with Gasteiger partial charge in [-0.25, -0.2) is 4.79 Å². The first-order valence-electron chi connectivity index (χ1n) is 5.62. The van der Waals surface area contributed by atoms with E-state index in [1.807, 2.05) is 20.8 Å². The van der Waals surface area contributed by atoms with Crippen molar-refractivity contribution in [3.05, 3.63) is 0 Å². The second kappa shape index (κ2) is 3.64. The summed E-state index contributed by atoms with van der Waals surface area (Å²) in [5, 5.41) is 2.81. The average Bonchev–Trinajstić information content (AvgIpc) is 2.65. The van der Waals surface area contributed by atoms with E-state index in [9.17, 15) is 9.59 Å². The van der Waals surface area contributed by atoms with Gasteiger partial charge in [0.05, 0.1) is 5.92 Å². The van der Waals surface area contributed by atoms with Crippen LogP contribution in [0.4, 0.5) is 4.79 Å². The minimum absolute atomic E-state index is 0.0347.